The van der Waals surface area contributed by atoms with E-state index in [0.717, 1.165) is 5.69 Å². The third kappa shape index (κ3) is 3.33. The van der Waals surface area contributed by atoms with Crippen LogP contribution < -0.4 is 0 Å². The monoisotopic (exact) mass is 345 g/mol. The molecular formula is C16H15N3O4S. The van der Waals surface area contributed by atoms with Crippen LogP contribution in [-0.2, 0) is 11.3 Å². The van der Waals surface area contributed by atoms with E-state index in [1.54, 1.807) is 38.3 Å². The summed E-state index contributed by atoms with van der Waals surface area (Å²) in [4.78, 5) is 21.2. The fourth-order valence-electron chi connectivity index (χ4n) is 2.14. The van der Waals surface area contributed by atoms with Gasteiger partial charge < -0.3 is 13.7 Å². The van der Waals surface area contributed by atoms with Gasteiger partial charge in [0.15, 0.2) is 24.0 Å². The maximum atomic E-state index is 12.4. The molecule has 0 saturated heterocycles. The number of rotatable bonds is 5. The number of hydrogen-bond acceptors (Lipinski definition) is 8. The van der Waals surface area contributed by atoms with E-state index in [-0.39, 0.29) is 6.61 Å². The molecule has 124 valence electrons. The number of carbonyl (C=O) groups excluding carboxylic acids is 1. The first-order valence-electron chi connectivity index (χ1n) is 7.14. The summed E-state index contributed by atoms with van der Waals surface area (Å²) in [5.41, 5.74) is 1.60. The summed E-state index contributed by atoms with van der Waals surface area (Å²) in [6.45, 7) is 3.54. The Kier molecular flexibility index (Phi) is 4.66. The van der Waals surface area contributed by atoms with Crippen LogP contribution in [-0.4, -0.2) is 27.3 Å². The van der Waals surface area contributed by atoms with E-state index >= 15 is 0 Å². The number of hydrogen-bond donors (Lipinski definition) is 0. The molecule has 8 heteroatoms. The van der Waals surface area contributed by atoms with Gasteiger partial charge in [-0.3, -0.25) is 0 Å². The highest BCUT2D eigenvalue weighted by molar-refractivity contribution is 7.98. The van der Waals surface area contributed by atoms with Crippen LogP contribution in [0.4, 0.5) is 0 Å². The molecule has 7 nitrogen and oxygen atoms in total. The molecule has 0 saturated carbocycles. The van der Waals surface area contributed by atoms with Gasteiger partial charge in [0.2, 0.25) is 0 Å². The lowest BCUT2D eigenvalue weighted by atomic mass is 10.2. The third-order valence-electron chi connectivity index (χ3n) is 3.22. The van der Waals surface area contributed by atoms with E-state index in [0.29, 0.717) is 33.6 Å². The number of aromatic nitrogens is 3. The van der Waals surface area contributed by atoms with Gasteiger partial charge in [-0.2, -0.15) is 0 Å². The summed E-state index contributed by atoms with van der Waals surface area (Å²) < 4.78 is 15.6. The van der Waals surface area contributed by atoms with Gasteiger partial charge in [-0.1, -0.05) is 5.16 Å². The quantitative estimate of drug-likeness (QED) is 0.395. The zero-order valence-electron chi connectivity index (χ0n) is 13.4. The minimum absolute atomic E-state index is 0.00682. The molecule has 0 bridgehead atoms. The van der Waals surface area contributed by atoms with Crippen LogP contribution in [0, 0.1) is 13.8 Å². The average Bonchev–Trinajstić information content (AvgIpc) is 3.23. The second-order valence-electron chi connectivity index (χ2n) is 5.00. The van der Waals surface area contributed by atoms with Gasteiger partial charge in [0.05, 0.1) is 17.7 Å². The van der Waals surface area contributed by atoms with Crippen molar-refractivity contribution in [2.75, 3.05) is 6.26 Å². The highest BCUT2D eigenvalue weighted by Gasteiger charge is 2.21. The Morgan fingerprint density at radius 1 is 1.33 bits per heavy atom. The third-order valence-corrected chi connectivity index (χ3v) is 3.90. The molecule has 0 fully saturated rings. The fourth-order valence-corrected chi connectivity index (χ4v) is 2.75. The molecule has 0 aromatic carbocycles. The number of thioether (sulfide) groups is 1. The van der Waals surface area contributed by atoms with Crippen LogP contribution in [0.5, 0.6) is 0 Å². The Balaban J connectivity index is 1.85. The van der Waals surface area contributed by atoms with Gasteiger partial charge in [0.25, 0.3) is 0 Å². The summed E-state index contributed by atoms with van der Waals surface area (Å²) in [6.07, 6.45) is 3.39. The molecule has 0 aliphatic heterocycles. The molecule has 0 unspecified atom stereocenters. The van der Waals surface area contributed by atoms with Crippen LogP contribution in [0.15, 0.2) is 38.4 Å². The Labute approximate surface area is 142 Å². The molecular weight excluding hydrogens is 330 g/mol. The van der Waals surface area contributed by atoms with E-state index in [1.165, 1.54) is 11.8 Å². The first-order chi connectivity index (χ1) is 11.6. The molecule has 0 atom stereocenters. The first-order valence-corrected chi connectivity index (χ1v) is 8.36. The Morgan fingerprint density at radius 3 is 2.79 bits per heavy atom. The molecule has 3 rings (SSSR count). The first kappa shape index (κ1) is 16.3. The zero-order valence-corrected chi connectivity index (χ0v) is 14.2. The Bertz CT molecular complexity index is 858. The minimum Gasteiger partial charge on any atom is -0.461 e. The van der Waals surface area contributed by atoms with Gasteiger partial charge in [0, 0.05) is 6.07 Å². The van der Waals surface area contributed by atoms with Gasteiger partial charge in [0.1, 0.15) is 10.6 Å². The smallest absolute Gasteiger partial charge is 0.343 e. The number of carbonyl (C=O) groups is 1. The Morgan fingerprint density at radius 2 is 2.17 bits per heavy atom. The van der Waals surface area contributed by atoms with E-state index < -0.39 is 5.97 Å². The van der Waals surface area contributed by atoms with Crippen molar-refractivity contribution in [3.05, 3.63) is 47.2 Å². The van der Waals surface area contributed by atoms with Crippen molar-refractivity contribution in [3.8, 4) is 11.6 Å². The number of esters is 1. The predicted molar refractivity (Wildman–Crippen MR) is 86.6 cm³/mol. The molecule has 3 aromatic rings. The van der Waals surface area contributed by atoms with Gasteiger partial charge in [-0.15, -0.1) is 11.8 Å². The van der Waals surface area contributed by atoms with E-state index in [1.807, 2.05) is 6.26 Å². The lowest BCUT2D eigenvalue weighted by Gasteiger charge is -2.10. The van der Waals surface area contributed by atoms with Crippen molar-refractivity contribution in [3.63, 3.8) is 0 Å². The number of nitrogens with zero attached hydrogens (tertiary/aromatic N) is 3. The van der Waals surface area contributed by atoms with Crippen molar-refractivity contribution >= 4 is 17.7 Å². The lowest BCUT2D eigenvalue weighted by Crippen LogP contribution is -2.12. The second kappa shape index (κ2) is 6.88. The molecule has 0 amide bonds. The van der Waals surface area contributed by atoms with Gasteiger partial charge in [-0.05, 0) is 32.2 Å². The summed E-state index contributed by atoms with van der Waals surface area (Å²) >= 11 is 1.35. The average molecular weight is 345 g/mol. The van der Waals surface area contributed by atoms with E-state index in [9.17, 15) is 4.79 Å². The maximum Gasteiger partial charge on any atom is 0.343 e. The van der Waals surface area contributed by atoms with Crippen molar-refractivity contribution in [1.82, 2.24) is 15.1 Å². The largest absolute Gasteiger partial charge is 0.461 e. The Hall–Kier alpha value is -2.61. The van der Waals surface area contributed by atoms with Crippen molar-refractivity contribution < 1.29 is 18.5 Å². The number of furan rings is 1. The predicted octanol–water partition coefficient (Wildman–Crippen LogP) is 3.42. The van der Waals surface area contributed by atoms with Crippen LogP contribution in [0.25, 0.3) is 11.6 Å². The van der Waals surface area contributed by atoms with Crippen molar-refractivity contribution in [2.45, 2.75) is 25.5 Å². The van der Waals surface area contributed by atoms with Crippen LogP contribution in [0.2, 0.25) is 0 Å². The molecule has 3 aromatic heterocycles. The van der Waals surface area contributed by atoms with Crippen molar-refractivity contribution in [2.24, 2.45) is 0 Å². The van der Waals surface area contributed by atoms with Crippen LogP contribution >= 0.6 is 11.8 Å². The molecule has 24 heavy (non-hydrogen) atoms. The molecule has 3 heterocycles. The van der Waals surface area contributed by atoms with E-state index in [4.69, 9.17) is 13.7 Å². The topological polar surface area (TPSA) is 91.2 Å². The standard InChI is InChI=1S/C16H15N3O4S/c1-9-7-11(23-19-9)8-22-16(20)13-10(2)17-14(18-15(13)24-3)12-5-4-6-21-12/h4-7H,8H2,1-3H3. The molecule has 0 aliphatic carbocycles. The number of ether oxygens (including phenoxy) is 1. The SMILES string of the molecule is CSc1nc(-c2ccco2)nc(C)c1C(=O)OCc1cc(C)no1. The summed E-state index contributed by atoms with van der Waals surface area (Å²) in [7, 11) is 0. The van der Waals surface area contributed by atoms with Crippen LogP contribution in [0.3, 0.4) is 0 Å². The summed E-state index contributed by atoms with van der Waals surface area (Å²) in [6, 6.07) is 5.24. The molecule has 0 spiro atoms. The minimum atomic E-state index is -0.503. The highest BCUT2D eigenvalue weighted by atomic mass is 32.2. The molecule has 0 radical (unpaired) electrons. The normalized spacial score (nSPS) is 10.8. The maximum absolute atomic E-state index is 12.4. The number of aryl methyl sites for hydroxylation is 2. The summed E-state index contributed by atoms with van der Waals surface area (Å²) in [5, 5.41) is 4.29. The van der Waals surface area contributed by atoms with Gasteiger partial charge >= 0.3 is 5.97 Å². The lowest BCUT2D eigenvalue weighted by molar-refractivity contribution is 0.0430. The van der Waals surface area contributed by atoms with Crippen LogP contribution in [0.1, 0.15) is 27.5 Å². The molecule has 0 N–H and O–H groups in total. The molecule has 0 aliphatic rings. The second-order valence-corrected chi connectivity index (χ2v) is 5.80. The fraction of sp³-hybridized carbons (Fsp3) is 0.250. The van der Waals surface area contributed by atoms with Gasteiger partial charge in [-0.25, -0.2) is 14.8 Å². The summed E-state index contributed by atoms with van der Waals surface area (Å²) in [5.74, 6) is 0.962. The van der Waals surface area contributed by atoms with E-state index in [2.05, 4.69) is 15.1 Å². The highest BCUT2D eigenvalue weighted by Crippen LogP contribution is 2.26. The van der Waals surface area contributed by atoms with Crippen molar-refractivity contribution in [1.29, 1.82) is 0 Å². The zero-order chi connectivity index (χ0) is 17.1.